The van der Waals surface area contributed by atoms with Crippen molar-refractivity contribution in [2.75, 3.05) is 9.80 Å². The van der Waals surface area contributed by atoms with Gasteiger partial charge in [-0.05, 0) is 162 Å². The Kier molecular flexibility index (Phi) is 13.0. The van der Waals surface area contributed by atoms with Crippen LogP contribution in [0.15, 0.2) is 360 Å². The summed E-state index contributed by atoms with van der Waals surface area (Å²) in [5, 5.41) is 3.90. The third kappa shape index (κ3) is 10.4. The minimum atomic E-state index is -0.579. The molecule has 2 aliphatic heterocycles. The Bertz CT molecular complexity index is 7360. The molecule has 0 amide bonds. The summed E-state index contributed by atoms with van der Waals surface area (Å²) in [4.78, 5) is 5.00. The highest BCUT2D eigenvalue weighted by atomic mass is 16.3. The second-order valence-electron chi connectivity index (χ2n) is 31.3. The highest BCUT2D eigenvalue weighted by Crippen LogP contribution is 2.57. The molecule has 0 N–H and O–H groups in total. The average molecular weight is 1420 g/mol. The lowest BCUT2D eigenvalue weighted by Crippen LogP contribution is -2.61. The molecule has 21 rings (SSSR count). The maximum atomic E-state index is 9.98. The highest BCUT2D eigenvalue weighted by molar-refractivity contribution is 7.00. The van der Waals surface area contributed by atoms with E-state index in [0.717, 1.165) is 167 Å². The van der Waals surface area contributed by atoms with Crippen LogP contribution in [-0.4, -0.2) is 11.3 Å². The first kappa shape index (κ1) is 56.9. The molecular weight excluding hydrogens is 1330 g/mol. The van der Waals surface area contributed by atoms with Gasteiger partial charge in [-0.3, -0.25) is 0 Å². The van der Waals surface area contributed by atoms with Crippen LogP contribution in [0.1, 0.15) is 63.6 Å². The normalized spacial score (nSPS) is 13.8. The van der Waals surface area contributed by atoms with Crippen molar-refractivity contribution in [2.45, 2.75) is 52.4 Å². The SMILES string of the molecule is [2H]c1c([2H])c([2H])c2c(c1[2H])c1c([2H])c([2H])c([2H])c([2H])c1n2-c1ccc2c(c1)N(c1c(-c3ccccc3)cc(-c3ccccc3)cc1-c1cccc3c1oc1ccccc13)c1cc(C(C)(C)C)cc3c1B2c1cc(-c2ccc(C(C)(C)C)cc2)ccc1N3c1c(-c2ccccc2)cc(-c2ccccc2)cc1-c1cccc2c1oc1ccccc12. The van der Waals surface area contributed by atoms with Gasteiger partial charge in [0.2, 0.25) is 0 Å². The summed E-state index contributed by atoms with van der Waals surface area (Å²) in [6.45, 7) is 13.0. The number of aromatic nitrogens is 1. The zero-order valence-corrected chi connectivity index (χ0v) is 61.6. The van der Waals surface area contributed by atoms with Gasteiger partial charge in [0, 0.05) is 94.1 Å². The Morgan fingerprint density at radius 3 is 1.22 bits per heavy atom. The van der Waals surface area contributed by atoms with Gasteiger partial charge in [-0.25, -0.2) is 0 Å². The molecule has 5 heterocycles. The molecule has 0 spiro atoms. The molecule has 0 bridgehead atoms. The van der Waals surface area contributed by atoms with Crippen molar-refractivity contribution in [3.8, 4) is 83.6 Å². The molecule has 16 aromatic carbocycles. The fraction of sp³-hybridized carbons (Fsp3) is 0.0769. The van der Waals surface area contributed by atoms with Gasteiger partial charge in [0.1, 0.15) is 22.3 Å². The lowest BCUT2D eigenvalue weighted by atomic mass is 9.33. The Balaban J connectivity index is 0.971. The topological polar surface area (TPSA) is 37.7 Å². The monoisotopic (exact) mass is 1420 g/mol. The third-order valence-electron chi connectivity index (χ3n) is 22.7. The number of anilines is 6. The van der Waals surface area contributed by atoms with E-state index in [4.69, 9.17) is 8.83 Å². The zero-order chi connectivity index (χ0) is 80.6. The molecule has 0 fully saturated rings. The Hall–Kier alpha value is -13.4. The number of fused-ring (bicyclic) bond motifs is 13. The van der Waals surface area contributed by atoms with E-state index in [1.165, 1.54) is 5.56 Å². The molecule has 5 nitrogen and oxygen atoms in total. The van der Waals surface area contributed by atoms with E-state index in [0.29, 0.717) is 17.0 Å². The smallest absolute Gasteiger partial charge is 0.252 e. The van der Waals surface area contributed by atoms with Gasteiger partial charge in [-0.2, -0.15) is 0 Å². The second-order valence-corrected chi connectivity index (χ2v) is 31.3. The van der Waals surface area contributed by atoms with Crippen LogP contribution in [0.3, 0.4) is 0 Å². The zero-order valence-electron chi connectivity index (χ0n) is 69.6. The number of rotatable bonds is 10. The van der Waals surface area contributed by atoms with Crippen molar-refractivity contribution in [1.82, 2.24) is 4.57 Å². The summed E-state index contributed by atoms with van der Waals surface area (Å²) >= 11 is 0. The molecule has 6 heteroatoms. The van der Waals surface area contributed by atoms with Crippen molar-refractivity contribution in [3.63, 3.8) is 0 Å². The van der Waals surface area contributed by atoms with Crippen LogP contribution in [0.4, 0.5) is 34.1 Å². The van der Waals surface area contributed by atoms with Crippen LogP contribution < -0.4 is 26.2 Å². The molecule has 19 aromatic rings. The summed E-state index contributed by atoms with van der Waals surface area (Å²) in [7, 11) is 0. The summed E-state index contributed by atoms with van der Waals surface area (Å²) in [5.74, 6) is 0. The van der Waals surface area contributed by atoms with Crippen LogP contribution in [0.5, 0.6) is 0 Å². The summed E-state index contributed by atoms with van der Waals surface area (Å²) in [6, 6.07) is 105. The minimum absolute atomic E-state index is 0.0107. The third-order valence-corrected chi connectivity index (χ3v) is 22.7. The molecular formula is C104H76BN3O2. The van der Waals surface area contributed by atoms with E-state index in [-0.39, 0.29) is 39.3 Å². The van der Waals surface area contributed by atoms with Crippen molar-refractivity contribution in [3.05, 3.63) is 363 Å². The average Bonchev–Trinajstić information content (AvgIpc) is 0.863. The molecule has 0 saturated carbocycles. The lowest BCUT2D eigenvalue weighted by molar-refractivity contribution is 0.590. The lowest BCUT2D eigenvalue weighted by Gasteiger charge is -2.46. The summed E-state index contributed by atoms with van der Waals surface area (Å²) < 4.78 is 92.7. The van der Waals surface area contributed by atoms with E-state index in [2.05, 4.69) is 312 Å². The van der Waals surface area contributed by atoms with E-state index in [1.54, 1.807) is 4.57 Å². The highest BCUT2D eigenvalue weighted by Gasteiger charge is 2.47. The number of benzene rings is 16. The molecule has 0 unspecified atom stereocenters. The Morgan fingerprint density at radius 1 is 0.291 bits per heavy atom. The number of nitrogens with zero attached hydrogens (tertiary/aromatic N) is 3. The summed E-state index contributed by atoms with van der Waals surface area (Å²) in [5.41, 5.74) is 26.4. The van der Waals surface area contributed by atoms with Gasteiger partial charge in [-0.1, -0.05) is 314 Å². The number of hydrogen-bond donors (Lipinski definition) is 0. The molecule has 2 aliphatic rings. The number of hydrogen-bond acceptors (Lipinski definition) is 4. The van der Waals surface area contributed by atoms with Gasteiger partial charge in [-0.15, -0.1) is 0 Å². The molecule has 0 aliphatic carbocycles. The van der Waals surface area contributed by atoms with E-state index >= 15 is 0 Å². The first-order chi connectivity index (χ1) is 57.2. The summed E-state index contributed by atoms with van der Waals surface area (Å²) in [6.07, 6.45) is 0. The second kappa shape index (κ2) is 25.1. The van der Waals surface area contributed by atoms with Crippen molar-refractivity contribution in [1.29, 1.82) is 0 Å². The fourth-order valence-corrected chi connectivity index (χ4v) is 17.4. The van der Waals surface area contributed by atoms with Crippen LogP contribution in [-0.2, 0) is 10.8 Å². The number of furan rings is 2. The molecule has 3 aromatic heterocycles. The van der Waals surface area contributed by atoms with Crippen molar-refractivity contribution < 1.29 is 19.8 Å². The maximum Gasteiger partial charge on any atom is 0.252 e. The van der Waals surface area contributed by atoms with E-state index < -0.39 is 48.4 Å². The molecule has 110 heavy (non-hydrogen) atoms. The van der Waals surface area contributed by atoms with Crippen LogP contribution in [0.2, 0.25) is 0 Å². The first-order valence-electron chi connectivity index (χ1n) is 41.7. The fourth-order valence-electron chi connectivity index (χ4n) is 17.4. The maximum absolute atomic E-state index is 9.98. The molecule has 0 radical (unpaired) electrons. The van der Waals surface area contributed by atoms with Gasteiger partial charge < -0.3 is 23.2 Å². The molecule has 0 saturated heterocycles. The first-order valence-corrected chi connectivity index (χ1v) is 37.7. The Labute approximate surface area is 652 Å². The van der Waals surface area contributed by atoms with E-state index in [1.807, 2.05) is 42.5 Å². The van der Waals surface area contributed by atoms with Crippen molar-refractivity contribution in [2.24, 2.45) is 0 Å². The predicted octanol–water partition coefficient (Wildman–Crippen LogP) is 26.9. The van der Waals surface area contributed by atoms with Crippen LogP contribution in [0.25, 0.3) is 149 Å². The number of para-hydroxylation sites is 6. The quantitative estimate of drug-likeness (QED) is 0.128. The predicted molar refractivity (Wildman–Crippen MR) is 465 cm³/mol. The minimum Gasteiger partial charge on any atom is -0.455 e. The van der Waals surface area contributed by atoms with Crippen LogP contribution in [0, 0.1) is 0 Å². The van der Waals surface area contributed by atoms with Crippen molar-refractivity contribution >= 4 is 123 Å². The van der Waals surface area contributed by atoms with E-state index in [9.17, 15) is 11.0 Å². The standard InChI is InChI=1S/C104H76BN3O2/c1-103(2,3)73-52-49-67(50-53-73)70-51-56-92-89(61-70)105-88-55-54-75(106-90-45-23-19-37-76(90)77-38-20-24-46-91(77)106)64-93(88)108(100-85(69-35-17-10-18-36-69)58-72(66-31-13-8-14-32-66)60-87(100)83-44-28-42-81-79-40-22-26-48-97(79)110-102(81)83)95-63-74(104(4,5)6)62-94(98(95)105)107(92)99-84(68-33-15-9-16-34-68)57-71(65-29-11-7-12-30-65)59-86(99)82-43-27-41-80-78-39-21-25-47-96(78)109-101(80)82/h7-64H,1-6H3/i19D,20D,23D,24D,37D,38D,45D,46D. The van der Waals surface area contributed by atoms with Crippen LogP contribution >= 0.6 is 0 Å². The largest absolute Gasteiger partial charge is 0.455 e. The Morgan fingerprint density at radius 2 is 0.718 bits per heavy atom. The van der Waals surface area contributed by atoms with Gasteiger partial charge >= 0.3 is 0 Å². The molecule has 522 valence electrons. The van der Waals surface area contributed by atoms with Gasteiger partial charge in [0.15, 0.2) is 0 Å². The van der Waals surface area contributed by atoms with Gasteiger partial charge in [0.05, 0.1) is 33.4 Å². The molecule has 0 atom stereocenters. The van der Waals surface area contributed by atoms with Gasteiger partial charge in [0.25, 0.3) is 6.71 Å².